The Kier molecular flexibility index (Phi) is 7.73. The number of alkyl halides is 7. The smallest absolute Gasteiger partial charge is 0.435 e. The number of carbonyl (C=O) groups excluding carboxylic acids is 2. The summed E-state index contributed by atoms with van der Waals surface area (Å²) >= 11 is 0. The molecule has 2 heterocycles. The van der Waals surface area contributed by atoms with E-state index in [0.717, 1.165) is 34.1 Å². The summed E-state index contributed by atoms with van der Waals surface area (Å²) in [5.74, 6) is -3.60. The van der Waals surface area contributed by atoms with Gasteiger partial charge in [-0.1, -0.05) is 18.2 Å². The van der Waals surface area contributed by atoms with Crippen LogP contribution in [-0.4, -0.2) is 78.6 Å². The molecule has 2 aromatic carbocycles. The van der Waals surface area contributed by atoms with Crippen molar-refractivity contribution < 1.29 is 63.0 Å². The van der Waals surface area contributed by atoms with Crippen LogP contribution in [0.25, 0.3) is 0 Å². The molecule has 0 saturated carbocycles. The third-order valence-electron chi connectivity index (χ3n) is 8.87. The van der Waals surface area contributed by atoms with Gasteiger partial charge in [-0.2, -0.15) is 26.3 Å². The molecule has 3 atom stereocenters. The molecule has 2 fully saturated rings. The number of aliphatic carboxylic acids is 1. The van der Waals surface area contributed by atoms with Gasteiger partial charge < -0.3 is 14.9 Å². The molecule has 1 N–H and O–H groups in total. The minimum absolute atomic E-state index is 0.0701. The number of likely N-dealkylation sites (tertiary alicyclic amines) is 2. The van der Waals surface area contributed by atoms with Gasteiger partial charge in [0.25, 0.3) is 0 Å². The minimum atomic E-state index is -6.41. The van der Waals surface area contributed by atoms with Crippen LogP contribution in [0.4, 0.5) is 35.1 Å². The Morgan fingerprint density at radius 1 is 0.933 bits per heavy atom. The van der Waals surface area contributed by atoms with E-state index >= 15 is 0 Å². The Morgan fingerprint density at radius 2 is 1.56 bits per heavy atom. The lowest BCUT2D eigenvalue weighted by atomic mass is 9.76. The van der Waals surface area contributed by atoms with E-state index in [1.54, 1.807) is 0 Å². The number of carboxylic acid groups (broad SMARTS) is 1. The molecule has 244 valence electrons. The molecule has 45 heavy (non-hydrogen) atoms. The van der Waals surface area contributed by atoms with Crippen molar-refractivity contribution in [2.75, 3.05) is 13.1 Å². The molecule has 0 bridgehead atoms. The Bertz CT molecular complexity index is 1650. The van der Waals surface area contributed by atoms with Crippen LogP contribution in [-0.2, 0) is 41.1 Å². The van der Waals surface area contributed by atoms with E-state index in [4.69, 9.17) is 0 Å². The van der Waals surface area contributed by atoms with Crippen molar-refractivity contribution in [1.29, 1.82) is 0 Å². The molecule has 0 radical (unpaired) electrons. The number of carbonyl (C=O) groups is 3. The number of aryl methyl sites for hydroxylation is 1. The highest BCUT2D eigenvalue weighted by atomic mass is 32.2. The number of halogens is 8. The Hall–Kier alpha value is -3.76. The second-order valence-electron chi connectivity index (χ2n) is 11.2. The second kappa shape index (κ2) is 10.7. The van der Waals surface area contributed by atoms with Crippen molar-refractivity contribution in [3.8, 4) is 0 Å². The van der Waals surface area contributed by atoms with Crippen molar-refractivity contribution in [2.24, 2.45) is 0 Å². The van der Waals surface area contributed by atoms with E-state index in [0.29, 0.717) is 12.1 Å². The van der Waals surface area contributed by atoms with Gasteiger partial charge in [-0.25, -0.2) is 17.2 Å². The number of benzene rings is 2. The maximum atomic E-state index is 15.0. The molecule has 2 aliphatic heterocycles. The molecule has 2 saturated heterocycles. The van der Waals surface area contributed by atoms with Crippen LogP contribution >= 0.6 is 0 Å². The monoisotopic (exact) mass is 668 g/mol. The molecule has 17 heteroatoms. The van der Waals surface area contributed by atoms with Gasteiger partial charge in [0.15, 0.2) is 9.84 Å². The highest BCUT2D eigenvalue weighted by molar-refractivity contribution is 7.92. The summed E-state index contributed by atoms with van der Waals surface area (Å²) in [7, 11) is -4.70. The van der Waals surface area contributed by atoms with Crippen LogP contribution in [0, 0.1) is 5.82 Å². The first kappa shape index (κ1) is 32.6. The van der Waals surface area contributed by atoms with Crippen molar-refractivity contribution >= 4 is 27.6 Å². The number of hydrogen-bond donors (Lipinski definition) is 1. The summed E-state index contributed by atoms with van der Waals surface area (Å²) < 4.78 is 137. The fraction of sp³-hybridized carbons (Fsp3) is 0.464. The van der Waals surface area contributed by atoms with Gasteiger partial charge in [0.1, 0.15) is 23.2 Å². The van der Waals surface area contributed by atoms with E-state index < -0.39 is 91.7 Å². The molecule has 2 aromatic rings. The molecule has 8 nitrogen and oxygen atoms in total. The van der Waals surface area contributed by atoms with Gasteiger partial charge in [-0.05, 0) is 61.1 Å². The third-order valence-corrected chi connectivity index (χ3v) is 11.4. The summed E-state index contributed by atoms with van der Waals surface area (Å²) in [6.07, 6.45) is -14.1. The van der Waals surface area contributed by atoms with E-state index in [9.17, 15) is 63.0 Å². The van der Waals surface area contributed by atoms with Gasteiger partial charge in [0.05, 0.1) is 10.9 Å². The van der Waals surface area contributed by atoms with Crippen molar-refractivity contribution in [2.45, 2.75) is 71.9 Å². The first-order valence-corrected chi connectivity index (χ1v) is 15.0. The van der Waals surface area contributed by atoms with E-state index in [1.165, 1.54) is 0 Å². The van der Waals surface area contributed by atoms with Crippen LogP contribution in [0.3, 0.4) is 0 Å². The lowest BCUT2D eigenvalue weighted by molar-refractivity contribution is -0.348. The van der Waals surface area contributed by atoms with Crippen LogP contribution in [0.5, 0.6) is 0 Å². The van der Waals surface area contributed by atoms with Gasteiger partial charge >= 0.3 is 24.0 Å². The zero-order chi connectivity index (χ0) is 33.3. The number of rotatable bonds is 6. The summed E-state index contributed by atoms with van der Waals surface area (Å²) in [4.78, 5) is 39.0. The minimum Gasteiger partial charge on any atom is -0.480 e. The number of nitrogens with zero attached hydrogens (tertiary/aromatic N) is 2. The fourth-order valence-corrected chi connectivity index (χ4v) is 9.21. The average molecular weight is 669 g/mol. The second-order valence-corrected chi connectivity index (χ2v) is 13.4. The molecule has 5 rings (SSSR count). The molecule has 3 aliphatic rings. The maximum Gasteiger partial charge on any atom is 0.435 e. The number of carboxylic acids is 1. The van der Waals surface area contributed by atoms with Gasteiger partial charge in [-0.15, -0.1) is 0 Å². The third kappa shape index (κ3) is 4.84. The Labute approximate surface area is 250 Å². The molecular formula is C28H24F8N2O6S. The molecule has 0 spiro atoms. The zero-order valence-electron chi connectivity index (χ0n) is 23.0. The van der Waals surface area contributed by atoms with E-state index in [1.807, 2.05) is 0 Å². The van der Waals surface area contributed by atoms with Crippen LogP contribution in [0.15, 0.2) is 47.4 Å². The van der Waals surface area contributed by atoms with Crippen molar-refractivity contribution in [3.63, 3.8) is 0 Å². The number of sulfone groups is 1. The predicted octanol–water partition coefficient (Wildman–Crippen LogP) is 4.41. The number of fused-ring (bicyclic) bond motifs is 3. The maximum absolute atomic E-state index is 15.0. The highest BCUT2D eigenvalue weighted by Gasteiger charge is 2.74. The number of hydrogen-bond acceptors (Lipinski definition) is 5. The lowest BCUT2D eigenvalue weighted by Gasteiger charge is -2.43. The molecule has 2 amide bonds. The molecule has 0 aromatic heterocycles. The largest absolute Gasteiger partial charge is 0.480 e. The lowest BCUT2D eigenvalue weighted by Crippen LogP contribution is -2.56. The number of amides is 2. The van der Waals surface area contributed by atoms with E-state index in [2.05, 4.69) is 0 Å². The normalized spacial score (nSPS) is 24.0. The summed E-state index contributed by atoms with van der Waals surface area (Å²) in [5.41, 5.74) is -8.13. The van der Waals surface area contributed by atoms with Crippen LogP contribution in [0.2, 0.25) is 0 Å². The SMILES string of the molecule is O=C(O)CN1C(=O)CC[C@H]1C(=O)N1CC[C@@]2(S(=O)(=O)c3ccc(F)cc3)c3ccc(C(F)(C(F)(F)F)C(F)(F)F)cc3CC[C@@H]12. The topological polar surface area (TPSA) is 112 Å². The first-order chi connectivity index (χ1) is 20.8. The van der Waals surface area contributed by atoms with Gasteiger partial charge in [0, 0.05) is 18.5 Å². The van der Waals surface area contributed by atoms with Crippen LogP contribution < -0.4 is 0 Å². The van der Waals surface area contributed by atoms with Crippen molar-refractivity contribution in [1.82, 2.24) is 9.80 Å². The molecule has 0 unspecified atom stereocenters. The Balaban J connectivity index is 1.66. The first-order valence-electron chi connectivity index (χ1n) is 13.6. The Morgan fingerprint density at radius 3 is 2.13 bits per heavy atom. The summed E-state index contributed by atoms with van der Waals surface area (Å²) in [6.45, 7) is -1.10. The quantitative estimate of drug-likeness (QED) is 0.361. The standard InChI is InChI=1S/C28H24F8N2O6S/c29-17-3-5-18(6-4-17)45(43,44)25-11-12-37(24(42)20-8-10-22(39)38(20)14-23(40)41)21(25)9-1-15-13-16(2-7-19(15)25)26(30,27(31,32)33)28(34,35)36/h2-7,13,20-21H,1,8-12,14H2,(H,40,41)/t20-,21+,25+/m0/s1. The summed E-state index contributed by atoms with van der Waals surface area (Å²) in [5, 5.41) is 9.23. The van der Waals surface area contributed by atoms with Crippen molar-refractivity contribution in [3.05, 3.63) is 65.0 Å². The molecule has 1 aliphatic carbocycles. The highest BCUT2D eigenvalue weighted by Crippen LogP contribution is 2.57. The van der Waals surface area contributed by atoms with E-state index in [-0.39, 0.29) is 49.4 Å². The van der Waals surface area contributed by atoms with Crippen LogP contribution in [0.1, 0.15) is 42.4 Å². The van der Waals surface area contributed by atoms with Gasteiger partial charge in [0.2, 0.25) is 11.8 Å². The summed E-state index contributed by atoms with van der Waals surface area (Å²) in [6, 6.07) is 2.23. The predicted molar refractivity (Wildman–Crippen MR) is 137 cm³/mol. The zero-order valence-corrected chi connectivity index (χ0v) is 23.8. The van der Waals surface area contributed by atoms with Gasteiger partial charge in [-0.3, -0.25) is 14.4 Å². The molecular weight excluding hydrogens is 644 g/mol. The average Bonchev–Trinajstić information content (AvgIpc) is 3.52. The fourth-order valence-electron chi connectivity index (χ4n) is 6.84.